The van der Waals surface area contributed by atoms with Gasteiger partial charge in [-0.1, -0.05) is 22.0 Å². The summed E-state index contributed by atoms with van der Waals surface area (Å²) >= 11 is 3.39. The van der Waals surface area contributed by atoms with Crippen LogP contribution in [0.15, 0.2) is 33.7 Å². The summed E-state index contributed by atoms with van der Waals surface area (Å²) in [6.07, 6.45) is 2.10. The molecule has 1 aromatic carbocycles. The third-order valence-corrected chi connectivity index (χ3v) is 3.44. The smallest absolute Gasteiger partial charge is 0.359 e. The predicted molar refractivity (Wildman–Crippen MR) is 94.4 cm³/mol. The van der Waals surface area contributed by atoms with E-state index in [4.69, 9.17) is 4.74 Å². The quantitative estimate of drug-likeness (QED) is 0.327. The van der Waals surface area contributed by atoms with Gasteiger partial charge in [0.25, 0.3) is 0 Å². The summed E-state index contributed by atoms with van der Waals surface area (Å²) in [6.45, 7) is 1.88. The molecule has 1 aromatic heterocycles. The van der Waals surface area contributed by atoms with Crippen molar-refractivity contribution in [2.45, 2.75) is 6.92 Å². The standard InChI is InChI=1S/C16H17BrN4O3/c1-4-24-16(23)14-13(9-22)15(18-10-20(2)3)21(19-14)12-7-5-6-11(17)8-12/h5-10H,4H2,1-3H3. The largest absolute Gasteiger partial charge is 0.461 e. The van der Waals surface area contributed by atoms with Crippen LogP contribution in [0.5, 0.6) is 0 Å². The zero-order valence-electron chi connectivity index (χ0n) is 13.6. The average molecular weight is 393 g/mol. The van der Waals surface area contributed by atoms with E-state index in [9.17, 15) is 9.59 Å². The number of hydrogen-bond acceptors (Lipinski definition) is 5. The van der Waals surface area contributed by atoms with Crippen molar-refractivity contribution in [1.82, 2.24) is 14.7 Å². The average Bonchev–Trinajstić information content (AvgIpc) is 2.91. The normalized spacial score (nSPS) is 10.8. The van der Waals surface area contributed by atoms with Gasteiger partial charge in [0.2, 0.25) is 0 Å². The van der Waals surface area contributed by atoms with Crippen LogP contribution in [-0.4, -0.2) is 54.0 Å². The van der Waals surface area contributed by atoms with E-state index in [2.05, 4.69) is 26.0 Å². The highest BCUT2D eigenvalue weighted by molar-refractivity contribution is 9.10. The lowest BCUT2D eigenvalue weighted by molar-refractivity contribution is 0.0517. The molecule has 1 heterocycles. The molecule has 2 aromatic rings. The van der Waals surface area contributed by atoms with E-state index < -0.39 is 5.97 Å². The Morgan fingerprint density at radius 1 is 1.46 bits per heavy atom. The van der Waals surface area contributed by atoms with Crippen LogP contribution in [0, 0.1) is 0 Å². The van der Waals surface area contributed by atoms with Crippen LogP contribution < -0.4 is 0 Å². The highest BCUT2D eigenvalue weighted by Gasteiger charge is 2.24. The Hall–Kier alpha value is -2.48. The lowest BCUT2D eigenvalue weighted by atomic mass is 10.2. The summed E-state index contributed by atoms with van der Waals surface area (Å²) in [5.74, 6) is -0.394. The molecule has 0 N–H and O–H groups in total. The first-order valence-electron chi connectivity index (χ1n) is 7.19. The first kappa shape index (κ1) is 17.9. The molecule has 126 valence electrons. The number of aldehydes is 1. The Balaban J connectivity index is 2.67. The van der Waals surface area contributed by atoms with E-state index in [-0.39, 0.29) is 23.7 Å². The number of carbonyl (C=O) groups excluding carboxylic acids is 2. The molecule has 0 atom stereocenters. The highest BCUT2D eigenvalue weighted by atomic mass is 79.9. The van der Waals surface area contributed by atoms with Crippen molar-refractivity contribution in [2.75, 3.05) is 20.7 Å². The maximum absolute atomic E-state index is 12.1. The first-order chi connectivity index (χ1) is 11.5. The van der Waals surface area contributed by atoms with E-state index in [1.165, 1.54) is 11.0 Å². The molecular weight excluding hydrogens is 376 g/mol. The van der Waals surface area contributed by atoms with Crippen LogP contribution in [-0.2, 0) is 4.74 Å². The second kappa shape index (κ2) is 7.87. The molecule has 0 bridgehead atoms. The van der Waals surface area contributed by atoms with Gasteiger partial charge in [-0.2, -0.15) is 5.10 Å². The van der Waals surface area contributed by atoms with Crippen LogP contribution in [0.25, 0.3) is 5.69 Å². The number of rotatable bonds is 6. The number of benzene rings is 1. The fourth-order valence-corrected chi connectivity index (χ4v) is 2.35. The fourth-order valence-electron chi connectivity index (χ4n) is 1.96. The molecule has 0 radical (unpaired) electrons. The van der Waals surface area contributed by atoms with Crippen molar-refractivity contribution in [3.05, 3.63) is 40.0 Å². The van der Waals surface area contributed by atoms with E-state index in [0.29, 0.717) is 12.0 Å². The lowest BCUT2D eigenvalue weighted by Crippen LogP contribution is -2.08. The predicted octanol–water partition coefficient (Wildman–Crippen LogP) is 2.85. The second-order valence-electron chi connectivity index (χ2n) is 5.02. The molecule has 8 heteroatoms. The second-order valence-corrected chi connectivity index (χ2v) is 5.94. The molecule has 0 aliphatic carbocycles. The molecule has 0 unspecified atom stereocenters. The monoisotopic (exact) mass is 392 g/mol. The molecule has 0 saturated carbocycles. The van der Waals surface area contributed by atoms with Gasteiger partial charge < -0.3 is 9.64 Å². The minimum Gasteiger partial charge on any atom is -0.461 e. The minimum atomic E-state index is -0.658. The fraction of sp³-hybridized carbons (Fsp3) is 0.250. The Kier molecular flexibility index (Phi) is 5.86. The minimum absolute atomic E-state index is 0.0577. The van der Waals surface area contributed by atoms with E-state index in [0.717, 1.165) is 4.47 Å². The number of aromatic nitrogens is 2. The van der Waals surface area contributed by atoms with Gasteiger partial charge in [0.15, 0.2) is 17.8 Å². The molecule has 2 rings (SSSR count). The molecule has 0 fully saturated rings. The van der Waals surface area contributed by atoms with Crippen LogP contribution in [0.1, 0.15) is 27.8 Å². The summed E-state index contributed by atoms with van der Waals surface area (Å²) in [4.78, 5) is 29.7. The van der Waals surface area contributed by atoms with Crippen molar-refractivity contribution in [2.24, 2.45) is 4.99 Å². The molecule has 0 aliphatic heterocycles. The maximum atomic E-state index is 12.1. The number of nitrogens with zero attached hydrogens (tertiary/aromatic N) is 4. The Labute approximate surface area is 148 Å². The molecule has 0 spiro atoms. The summed E-state index contributed by atoms with van der Waals surface area (Å²) in [5.41, 5.74) is 0.693. The number of aliphatic imine (C=N–C) groups is 1. The third kappa shape index (κ3) is 3.88. The molecule has 0 saturated heterocycles. The van der Waals surface area contributed by atoms with Crippen LogP contribution in [0.3, 0.4) is 0 Å². The SMILES string of the molecule is CCOC(=O)c1nn(-c2cccc(Br)c2)c(N=CN(C)C)c1C=O. The Bertz CT molecular complexity index is 784. The number of carbonyl (C=O) groups is 2. The third-order valence-electron chi connectivity index (χ3n) is 2.95. The highest BCUT2D eigenvalue weighted by Crippen LogP contribution is 2.27. The van der Waals surface area contributed by atoms with Crippen molar-refractivity contribution < 1.29 is 14.3 Å². The number of ether oxygens (including phenoxy) is 1. The van der Waals surface area contributed by atoms with Crippen molar-refractivity contribution in [3.8, 4) is 5.69 Å². The summed E-state index contributed by atoms with van der Waals surface area (Å²) in [6, 6.07) is 7.30. The molecule has 7 nitrogen and oxygen atoms in total. The van der Waals surface area contributed by atoms with Gasteiger partial charge in [-0.3, -0.25) is 4.79 Å². The zero-order chi connectivity index (χ0) is 17.7. The molecule has 0 aliphatic rings. The molecular formula is C16H17BrN4O3. The van der Waals surface area contributed by atoms with Gasteiger partial charge in [0.1, 0.15) is 0 Å². The topological polar surface area (TPSA) is 76.8 Å². The molecule has 0 amide bonds. The van der Waals surface area contributed by atoms with Crippen molar-refractivity contribution >= 4 is 40.3 Å². The van der Waals surface area contributed by atoms with E-state index in [1.54, 1.807) is 32.0 Å². The Morgan fingerprint density at radius 2 is 2.21 bits per heavy atom. The van der Waals surface area contributed by atoms with Crippen LogP contribution >= 0.6 is 15.9 Å². The van der Waals surface area contributed by atoms with Crippen LogP contribution in [0.4, 0.5) is 5.82 Å². The van der Waals surface area contributed by atoms with Gasteiger partial charge in [-0.15, -0.1) is 0 Å². The zero-order valence-corrected chi connectivity index (χ0v) is 15.1. The summed E-state index contributed by atoms with van der Waals surface area (Å²) in [7, 11) is 3.60. The first-order valence-corrected chi connectivity index (χ1v) is 7.99. The van der Waals surface area contributed by atoms with E-state index in [1.807, 2.05) is 18.2 Å². The van der Waals surface area contributed by atoms with Gasteiger partial charge in [-0.25, -0.2) is 14.5 Å². The lowest BCUT2D eigenvalue weighted by Gasteiger charge is -2.06. The van der Waals surface area contributed by atoms with Crippen LogP contribution in [0.2, 0.25) is 0 Å². The number of esters is 1. The van der Waals surface area contributed by atoms with Gasteiger partial charge in [0.05, 0.1) is 24.2 Å². The van der Waals surface area contributed by atoms with Gasteiger partial charge >= 0.3 is 5.97 Å². The van der Waals surface area contributed by atoms with Crippen molar-refractivity contribution in [1.29, 1.82) is 0 Å². The van der Waals surface area contributed by atoms with Gasteiger partial charge in [0, 0.05) is 18.6 Å². The van der Waals surface area contributed by atoms with E-state index >= 15 is 0 Å². The Morgan fingerprint density at radius 3 is 2.79 bits per heavy atom. The summed E-state index contributed by atoms with van der Waals surface area (Å²) < 4.78 is 7.26. The van der Waals surface area contributed by atoms with Crippen molar-refractivity contribution in [3.63, 3.8) is 0 Å². The summed E-state index contributed by atoms with van der Waals surface area (Å²) in [5, 5.41) is 4.25. The molecule has 24 heavy (non-hydrogen) atoms. The van der Waals surface area contributed by atoms with Gasteiger partial charge in [-0.05, 0) is 25.1 Å². The number of hydrogen-bond donors (Lipinski definition) is 0. The number of halogens is 1. The maximum Gasteiger partial charge on any atom is 0.359 e.